The molecular formula is C19H19N3O4S. The van der Waals surface area contributed by atoms with E-state index in [-0.39, 0.29) is 30.0 Å². The van der Waals surface area contributed by atoms with Crippen LogP contribution in [-0.4, -0.2) is 33.9 Å². The monoisotopic (exact) mass is 385 g/mol. The van der Waals surface area contributed by atoms with Gasteiger partial charge < -0.3 is 10.2 Å². The molecule has 0 radical (unpaired) electrons. The molecule has 0 fully saturated rings. The van der Waals surface area contributed by atoms with Crippen molar-refractivity contribution in [2.75, 3.05) is 12.4 Å². The molecular weight excluding hydrogens is 366 g/mol. The average Bonchev–Trinajstić information content (AvgIpc) is 2.67. The number of hydrogen-bond donors (Lipinski definition) is 1. The number of para-hydroxylation sites is 1. The number of benzene rings is 2. The Morgan fingerprint density at radius 2 is 2.04 bits per heavy atom. The van der Waals surface area contributed by atoms with Gasteiger partial charge in [0.2, 0.25) is 11.8 Å². The first-order valence-electron chi connectivity index (χ1n) is 8.43. The number of nitro groups is 1. The smallest absolute Gasteiger partial charge is 0.269 e. The molecule has 0 bridgehead atoms. The lowest BCUT2D eigenvalue weighted by molar-refractivity contribution is -0.384. The van der Waals surface area contributed by atoms with E-state index in [1.807, 2.05) is 24.3 Å². The topological polar surface area (TPSA) is 92.6 Å². The molecule has 27 heavy (non-hydrogen) atoms. The fraction of sp³-hybridized carbons (Fsp3) is 0.263. The third-order valence-corrected chi connectivity index (χ3v) is 5.88. The van der Waals surface area contributed by atoms with Crippen molar-refractivity contribution in [3.8, 4) is 0 Å². The van der Waals surface area contributed by atoms with E-state index in [0.29, 0.717) is 5.56 Å². The Hall–Kier alpha value is -2.87. The number of carbonyl (C=O) groups is 2. The number of carbonyl (C=O) groups excluding carboxylic acids is 2. The minimum absolute atomic E-state index is 0.0148. The van der Waals surface area contributed by atoms with E-state index in [2.05, 4.69) is 5.32 Å². The molecule has 1 aliphatic rings. The van der Waals surface area contributed by atoms with Gasteiger partial charge in [-0.05, 0) is 24.6 Å². The molecule has 1 aliphatic heterocycles. The van der Waals surface area contributed by atoms with Crippen LogP contribution in [0.5, 0.6) is 0 Å². The number of rotatable bonds is 5. The van der Waals surface area contributed by atoms with E-state index in [0.717, 1.165) is 10.6 Å². The van der Waals surface area contributed by atoms with Crippen LogP contribution in [0.3, 0.4) is 0 Å². The molecule has 0 unspecified atom stereocenters. The summed E-state index contributed by atoms with van der Waals surface area (Å²) in [5, 5.41) is 13.3. The minimum Gasteiger partial charge on any atom is -0.339 e. The zero-order valence-electron chi connectivity index (χ0n) is 14.9. The average molecular weight is 385 g/mol. The summed E-state index contributed by atoms with van der Waals surface area (Å²) in [6, 6.07) is 13.4. The summed E-state index contributed by atoms with van der Waals surface area (Å²) in [7, 11) is 1.64. The Kier molecular flexibility index (Phi) is 5.46. The molecule has 0 spiro atoms. The van der Waals surface area contributed by atoms with Crippen LogP contribution < -0.4 is 5.32 Å². The highest BCUT2D eigenvalue weighted by molar-refractivity contribution is 8.01. The number of nitrogens with one attached hydrogen (secondary N) is 1. The summed E-state index contributed by atoms with van der Waals surface area (Å²) >= 11 is 1.38. The van der Waals surface area contributed by atoms with Crippen LogP contribution in [0.1, 0.15) is 24.9 Å². The number of anilines is 1. The second-order valence-corrected chi connectivity index (χ2v) is 7.57. The molecule has 0 saturated carbocycles. The molecule has 1 N–H and O–H groups in total. The molecule has 1 heterocycles. The molecule has 7 nitrogen and oxygen atoms in total. The van der Waals surface area contributed by atoms with E-state index in [1.54, 1.807) is 26.1 Å². The van der Waals surface area contributed by atoms with Crippen LogP contribution in [0, 0.1) is 10.1 Å². The molecule has 2 aromatic rings. The highest BCUT2D eigenvalue weighted by atomic mass is 32.2. The van der Waals surface area contributed by atoms with Gasteiger partial charge in [-0.3, -0.25) is 19.7 Å². The first kappa shape index (κ1) is 18.9. The Labute approximate surface area is 160 Å². The lowest BCUT2D eigenvalue weighted by atomic mass is 10.1. The fourth-order valence-electron chi connectivity index (χ4n) is 2.87. The second-order valence-electron chi connectivity index (χ2n) is 6.33. The predicted octanol–water partition coefficient (Wildman–Crippen LogP) is 3.62. The van der Waals surface area contributed by atoms with Crippen LogP contribution >= 0.6 is 11.8 Å². The SMILES string of the molecule is C[C@@H](c1cccc([N+](=O)[O-])c1)N(C)C(=O)C[C@H]1Sc2ccccc2NC1=O. The van der Waals surface area contributed by atoms with Crippen LogP contribution in [0.4, 0.5) is 11.4 Å². The first-order valence-corrected chi connectivity index (χ1v) is 9.31. The number of amides is 2. The van der Waals surface area contributed by atoms with Crippen molar-refractivity contribution < 1.29 is 14.5 Å². The number of nitro benzene ring substituents is 1. The Morgan fingerprint density at radius 1 is 1.30 bits per heavy atom. The summed E-state index contributed by atoms with van der Waals surface area (Å²) in [6.45, 7) is 1.81. The van der Waals surface area contributed by atoms with Gasteiger partial charge in [0, 0.05) is 30.5 Å². The van der Waals surface area contributed by atoms with Gasteiger partial charge in [0.05, 0.1) is 21.9 Å². The summed E-state index contributed by atoms with van der Waals surface area (Å²) in [6.07, 6.45) is 0.0562. The molecule has 0 aromatic heterocycles. The van der Waals surface area contributed by atoms with Gasteiger partial charge in [0.1, 0.15) is 0 Å². The number of hydrogen-bond acceptors (Lipinski definition) is 5. The normalized spacial score (nSPS) is 16.8. The van der Waals surface area contributed by atoms with Gasteiger partial charge in [-0.2, -0.15) is 0 Å². The number of nitrogens with zero attached hydrogens (tertiary/aromatic N) is 2. The third kappa shape index (κ3) is 4.11. The lowest BCUT2D eigenvalue weighted by Gasteiger charge is -2.28. The van der Waals surface area contributed by atoms with Crippen molar-refractivity contribution in [1.29, 1.82) is 0 Å². The van der Waals surface area contributed by atoms with Crippen LogP contribution in [0.15, 0.2) is 53.4 Å². The summed E-state index contributed by atoms with van der Waals surface area (Å²) < 4.78 is 0. The maximum Gasteiger partial charge on any atom is 0.269 e. The van der Waals surface area contributed by atoms with Crippen molar-refractivity contribution in [2.24, 2.45) is 0 Å². The van der Waals surface area contributed by atoms with Gasteiger partial charge >= 0.3 is 0 Å². The van der Waals surface area contributed by atoms with Crippen molar-refractivity contribution in [1.82, 2.24) is 4.90 Å². The van der Waals surface area contributed by atoms with Crippen LogP contribution in [0.25, 0.3) is 0 Å². The van der Waals surface area contributed by atoms with Gasteiger partial charge in [0.15, 0.2) is 0 Å². The van der Waals surface area contributed by atoms with Crippen LogP contribution in [-0.2, 0) is 9.59 Å². The van der Waals surface area contributed by atoms with Gasteiger partial charge in [-0.15, -0.1) is 11.8 Å². The summed E-state index contributed by atoms with van der Waals surface area (Å²) in [5.74, 6) is -0.385. The second kappa shape index (κ2) is 7.79. The van der Waals surface area contributed by atoms with Crippen molar-refractivity contribution >= 4 is 35.0 Å². The van der Waals surface area contributed by atoms with E-state index in [9.17, 15) is 19.7 Å². The summed E-state index contributed by atoms with van der Waals surface area (Å²) in [5.41, 5.74) is 1.42. The zero-order valence-corrected chi connectivity index (χ0v) is 15.7. The van der Waals surface area contributed by atoms with E-state index < -0.39 is 10.2 Å². The first-order chi connectivity index (χ1) is 12.9. The van der Waals surface area contributed by atoms with Gasteiger partial charge in [-0.1, -0.05) is 24.3 Å². The van der Waals surface area contributed by atoms with Crippen molar-refractivity contribution in [3.63, 3.8) is 0 Å². The van der Waals surface area contributed by atoms with Gasteiger partial charge in [0.25, 0.3) is 5.69 Å². The van der Waals surface area contributed by atoms with E-state index >= 15 is 0 Å². The highest BCUT2D eigenvalue weighted by Gasteiger charge is 2.31. The quantitative estimate of drug-likeness (QED) is 0.627. The maximum absolute atomic E-state index is 12.7. The molecule has 2 amide bonds. The molecule has 3 rings (SSSR count). The van der Waals surface area contributed by atoms with E-state index in [1.165, 1.54) is 28.8 Å². The fourth-order valence-corrected chi connectivity index (χ4v) is 3.97. The standard InChI is InChI=1S/C19H19N3O4S/c1-12(13-6-5-7-14(10-13)22(25)26)21(2)18(23)11-17-19(24)20-15-8-3-4-9-16(15)27-17/h3-10,12,17H,11H2,1-2H3,(H,20,24)/t12-,17+/m0/s1. The maximum atomic E-state index is 12.7. The van der Waals surface area contributed by atoms with Gasteiger partial charge in [-0.25, -0.2) is 0 Å². The number of thioether (sulfide) groups is 1. The molecule has 140 valence electrons. The Balaban J connectivity index is 1.69. The molecule has 0 aliphatic carbocycles. The largest absolute Gasteiger partial charge is 0.339 e. The van der Waals surface area contributed by atoms with Crippen molar-refractivity contribution in [2.45, 2.75) is 29.5 Å². The number of non-ortho nitro benzene ring substituents is 1. The predicted molar refractivity (Wildman–Crippen MR) is 104 cm³/mol. The van der Waals surface area contributed by atoms with Crippen LogP contribution in [0.2, 0.25) is 0 Å². The van der Waals surface area contributed by atoms with Crippen molar-refractivity contribution in [3.05, 3.63) is 64.2 Å². The lowest BCUT2D eigenvalue weighted by Crippen LogP contribution is -2.36. The minimum atomic E-state index is -0.507. The molecule has 2 atom stereocenters. The number of fused-ring (bicyclic) bond motifs is 1. The Bertz CT molecular complexity index is 902. The Morgan fingerprint density at radius 3 is 2.78 bits per heavy atom. The molecule has 8 heteroatoms. The summed E-state index contributed by atoms with van der Waals surface area (Å²) in [4.78, 5) is 38.0. The van der Waals surface area contributed by atoms with E-state index in [4.69, 9.17) is 0 Å². The highest BCUT2D eigenvalue weighted by Crippen LogP contribution is 2.37. The third-order valence-electron chi connectivity index (χ3n) is 4.60. The molecule has 0 saturated heterocycles. The zero-order chi connectivity index (χ0) is 19.6. The molecule has 2 aromatic carbocycles.